The molecular weight excluding hydrogens is 1540 g/mol. The predicted octanol–water partition coefficient (Wildman–Crippen LogP) is -7.50. The van der Waals surface area contributed by atoms with E-state index in [0.29, 0.717) is 38.5 Å². The largest absolute Gasteiger partial charge is 0.479 e. The molecule has 12 fully saturated rings. The van der Waals surface area contributed by atoms with Crippen LogP contribution in [0.25, 0.3) is 0 Å². The van der Waals surface area contributed by atoms with Crippen LogP contribution in [0, 0.1) is 50.2 Å². The van der Waals surface area contributed by atoms with E-state index in [9.17, 15) is 117 Å². The first kappa shape index (κ1) is 89.7. The van der Waals surface area contributed by atoms with Crippen molar-refractivity contribution >= 4 is 18.2 Å². The average molecular weight is 1660 g/mol. The van der Waals surface area contributed by atoms with Gasteiger partial charge in [0, 0.05) is 0 Å². The Morgan fingerprint density at radius 3 is 1.55 bits per heavy atom. The number of carboxylic acids is 1. The number of carbonyl (C=O) groups is 3. The Bertz CT molecular complexity index is 3400. The second-order valence-corrected chi connectivity index (χ2v) is 35.9. The van der Waals surface area contributed by atoms with E-state index in [1.807, 2.05) is 13.8 Å². The number of allylic oxidation sites excluding steroid dienone is 2. The lowest BCUT2D eigenvalue weighted by molar-refractivity contribution is -0.392. The fourth-order valence-electron chi connectivity index (χ4n) is 21.4. The smallest absolute Gasteiger partial charge is 0.335 e. The van der Waals surface area contributed by atoms with Gasteiger partial charge in [-0.05, 0) is 118 Å². The van der Waals surface area contributed by atoms with Gasteiger partial charge in [0.05, 0.1) is 62.4 Å². The Morgan fingerprint density at radius 2 is 0.948 bits per heavy atom. The first-order chi connectivity index (χ1) is 53.9. The van der Waals surface area contributed by atoms with E-state index < -0.39 is 322 Å². The van der Waals surface area contributed by atoms with Crippen molar-refractivity contribution in [2.45, 2.75) is 360 Å². The number of hydrogen-bond acceptors (Lipinski definition) is 39. The van der Waals surface area contributed by atoms with Crippen LogP contribution in [0.3, 0.4) is 0 Å². The quantitative estimate of drug-likeness (QED) is 0.0247. The van der Waals surface area contributed by atoms with Crippen LogP contribution in [-0.2, 0) is 90.2 Å². The molecule has 40 heteroatoms. The van der Waals surface area contributed by atoms with Gasteiger partial charge in [-0.1, -0.05) is 53.2 Å². The fourth-order valence-corrected chi connectivity index (χ4v) is 21.4. The molecule has 0 spiro atoms. The number of hydrogen-bond donors (Lipinski definition) is 21. The standard InChI is InChI=1S/C75H118O40/c1-25-38(82)43(87)48(92)64(103-25)111-55-39(83)26(2)104-67(58(55)113-65-50(94)45(89)53(27(3)105-65)108-63-52(96)54(32(80)23-102-63)109-61-46(90)40(84)30(78)21-100-61)115-69(99)75-17-16-70(4,5)18-29(75)28-10-11-35-71(6)14-13-37(72(7,24-77)34(71)12-15-73(35,8)74(28,9)19-36(75)81)107-68-59(114-66-49(93)44(88)42(86)33(20-76)106-66)56(51(95)57(112-68)60(97)98)110-62-47(91)41(85)31(79)22-101-62/h10,24-27,29-59,61-68,76,78-96H,11-23H2,1-9H3,(H,97,98)/t25-,26+,27-,29-,30+,31-,32+,33+,34+,35+,36+,37-,38-,39+,40-,41-,42-,43+,44-,45-,46+,47+,48+,49+,50+,51-,52+,53-,54-,55-,56-,57-,58+,59+,61-,62-,63-,64-,65-,66-,67-,68+,71-,72-,73+,74+,75+/m0/s1. The van der Waals surface area contributed by atoms with Crippen LogP contribution in [0.1, 0.15) is 120 Å². The maximum absolute atomic E-state index is 16.2. The van der Waals surface area contributed by atoms with E-state index in [1.165, 1.54) is 20.8 Å². The molecule has 47 atom stereocenters. The second kappa shape index (κ2) is 33.9. The lowest BCUT2D eigenvalue weighted by Gasteiger charge is -2.71. The third-order valence-corrected chi connectivity index (χ3v) is 28.5. The van der Waals surface area contributed by atoms with Crippen LogP contribution in [0.4, 0.5) is 0 Å². The van der Waals surface area contributed by atoms with E-state index >= 15 is 4.79 Å². The summed E-state index contributed by atoms with van der Waals surface area (Å²) in [4.78, 5) is 43.6. The van der Waals surface area contributed by atoms with Gasteiger partial charge in [-0.25, -0.2) is 4.79 Å². The summed E-state index contributed by atoms with van der Waals surface area (Å²) in [5, 5.41) is 233. The van der Waals surface area contributed by atoms with Gasteiger partial charge in [-0.2, -0.15) is 0 Å². The number of fused-ring (bicyclic) bond motifs is 7. The molecule has 0 unspecified atom stereocenters. The van der Waals surface area contributed by atoms with Crippen molar-refractivity contribution in [3.05, 3.63) is 11.6 Å². The molecule has 13 rings (SSSR count). The lowest BCUT2D eigenvalue weighted by Crippen LogP contribution is -2.69. The van der Waals surface area contributed by atoms with Crippen molar-refractivity contribution in [3.63, 3.8) is 0 Å². The number of esters is 1. The van der Waals surface area contributed by atoms with Gasteiger partial charge in [0.15, 0.2) is 56.2 Å². The first-order valence-corrected chi connectivity index (χ1v) is 39.8. The maximum atomic E-state index is 16.2. The van der Waals surface area contributed by atoms with E-state index in [4.69, 9.17) is 75.8 Å². The minimum absolute atomic E-state index is 0.0203. The molecule has 13 aliphatic rings. The highest BCUT2D eigenvalue weighted by molar-refractivity contribution is 5.80. The van der Waals surface area contributed by atoms with Gasteiger partial charge in [0.2, 0.25) is 6.29 Å². The fraction of sp³-hybridized carbons (Fsp3) is 0.933. The first-order valence-electron chi connectivity index (χ1n) is 39.8. The van der Waals surface area contributed by atoms with Crippen molar-refractivity contribution in [1.29, 1.82) is 0 Å². The number of carbonyl (C=O) groups excluding carboxylic acids is 2. The van der Waals surface area contributed by atoms with E-state index in [-0.39, 0.29) is 25.2 Å². The SMILES string of the molecule is C[C@@H]1O[C@@H](O[C@H]2[C@H](O)[C@@H](C)O[C@@H](OC(=O)[C@]34CCC(C)(C)C[C@H]3C3=CC[C@@H]5[C@@]6(C)CC[C@H](O[C@@H]7O[C@H](C(=O)O)[C@@H](O)[C@H](O[C@@H]8OC[C@H](O)[C@H](O)[C@H]8O)[C@H]7O[C@@H]7O[C@H](CO)[C@H](O)[C@H](O)[C@H]7O)[C@@](C)(C=O)[C@@H]6CC[C@@]5(C)[C@]3(C)C[C@H]4O)[C@@H]2O[C@@H]2O[C@@H](C)[C@H](O[C@@H]3OC[C@@H](O)[C@H](O[C@@H]4OC[C@@H](O)[C@H](O)[C@H]4O)[C@H]3O)[C@@H](O)[C@H]2O)[C@H](O)[C@H](O)[C@H]1O. The summed E-state index contributed by atoms with van der Waals surface area (Å²) >= 11 is 0. The zero-order chi connectivity index (χ0) is 83.9. The Kier molecular flexibility index (Phi) is 26.4. The molecule has 8 heterocycles. The lowest BCUT2D eigenvalue weighted by atomic mass is 9.33. The number of aliphatic hydroxyl groups is 20. The molecule has 8 saturated heterocycles. The molecule has 658 valence electrons. The van der Waals surface area contributed by atoms with Crippen LogP contribution in [0.2, 0.25) is 0 Å². The van der Waals surface area contributed by atoms with E-state index in [2.05, 4.69) is 26.8 Å². The highest BCUT2D eigenvalue weighted by atomic mass is 16.8. The summed E-state index contributed by atoms with van der Waals surface area (Å²) in [7, 11) is 0. The van der Waals surface area contributed by atoms with Gasteiger partial charge >= 0.3 is 11.9 Å². The third-order valence-electron chi connectivity index (χ3n) is 28.5. The molecular formula is C75H118O40. The van der Waals surface area contributed by atoms with Gasteiger partial charge in [0.25, 0.3) is 0 Å². The van der Waals surface area contributed by atoms with E-state index in [0.717, 1.165) is 11.9 Å². The Hall–Kier alpha value is -3.05. The molecule has 0 aromatic heterocycles. The molecule has 40 nitrogen and oxygen atoms in total. The minimum Gasteiger partial charge on any atom is -0.479 e. The predicted molar refractivity (Wildman–Crippen MR) is 373 cm³/mol. The summed E-state index contributed by atoms with van der Waals surface area (Å²) in [5.74, 6) is -4.30. The Balaban J connectivity index is 0.773. The number of carboxylic acid groups (broad SMARTS) is 1. The van der Waals surface area contributed by atoms with Crippen molar-refractivity contribution < 1.29 is 197 Å². The summed E-state index contributed by atoms with van der Waals surface area (Å²) < 4.78 is 96.8. The number of aliphatic hydroxyl groups excluding tert-OH is 20. The van der Waals surface area contributed by atoms with Crippen LogP contribution >= 0.6 is 0 Å². The number of rotatable bonds is 19. The Labute approximate surface area is 661 Å². The van der Waals surface area contributed by atoms with Gasteiger partial charge in [0.1, 0.15) is 158 Å². The molecule has 21 N–H and O–H groups in total. The van der Waals surface area contributed by atoms with Crippen LogP contribution < -0.4 is 0 Å². The maximum Gasteiger partial charge on any atom is 0.335 e. The molecule has 0 aromatic carbocycles. The van der Waals surface area contributed by atoms with Crippen LogP contribution in [-0.4, -0.2) is 391 Å². The van der Waals surface area contributed by atoms with Crippen molar-refractivity contribution in [1.82, 2.24) is 0 Å². The van der Waals surface area contributed by atoms with Crippen molar-refractivity contribution in [2.75, 3.05) is 26.4 Å². The third kappa shape index (κ3) is 15.7. The summed E-state index contributed by atoms with van der Waals surface area (Å²) in [6.45, 7) is 13.7. The van der Waals surface area contributed by atoms with E-state index in [1.54, 1.807) is 6.92 Å². The summed E-state index contributed by atoms with van der Waals surface area (Å²) in [6.07, 6.45) is -65.0. The zero-order valence-electron chi connectivity index (χ0n) is 65.2. The molecule has 0 amide bonds. The summed E-state index contributed by atoms with van der Waals surface area (Å²) in [6, 6.07) is 0. The van der Waals surface area contributed by atoms with Gasteiger partial charge < -0.3 is 188 Å². The highest BCUT2D eigenvalue weighted by Crippen LogP contribution is 2.76. The molecule has 8 aliphatic heterocycles. The van der Waals surface area contributed by atoms with Crippen LogP contribution in [0.5, 0.6) is 0 Å². The average Bonchev–Trinajstić information content (AvgIpc) is 0.669. The van der Waals surface area contributed by atoms with Gasteiger partial charge in [-0.3, -0.25) is 4.79 Å². The minimum atomic E-state index is -2.24. The van der Waals surface area contributed by atoms with Crippen molar-refractivity contribution in [3.8, 4) is 0 Å². The molecule has 0 bridgehead atoms. The van der Waals surface area contributed by atoms with Crippen molar-refractivity contribution in [2.24, 2.45) is 50.2 Å². The zero-order valence-corrected chi connectivity index (χ0v) is 65.2. The van der Waals surface area contributed by atoms with Crippen LogP contribution in [0.15, 0.2) is 11.6 Å². The molecule has 0 radical (unpaired) electrons. The van der Waals surface area contributed by atoms with Gasteiger partial charge in [-0.15, -0.1) is 0 Å². The molecule has 0 aromatic rings. The number of ether oxygens (including phenoxy) is 16. The number of aliphatic carboxylic acids is 1. The normalized spacial score (nSPS) is 55.4. The molecule has 4 saturated carbocycles. The molecule has 5 aliphatic carbocycles. The second-order valence-electron chi connectivity index (χ2n) is 35.9. The highest BCUT2D eigenvalue weighted by Gasteiger charge is 2.73. The monoisotopic (exact) mass is 1660 g/mol. The topological polar surface area (TPSA) is 624 Å². The Morgan fingerprint density at radius 1 is 0.452 bits per heavy atom. The summed E-state index contributed by atoms with van der Waals surface area (Å²) in [5.41, 5.74) is -5.24. The number of aldehydes is 1. The molecule has 115 heavy (non-hydrogen) atoms.